The van der Waals surface area contributed by atoms with Gasteiger partial charge in [0.2, 0.25) is 0 Å². The Labute approximate surface area is 94.0 Å². The molecule has 0 unspecified atom stereocenters. The van der Waals surface area contributed by atoms with Gasteiger partial charge in [0.25, 0.3) is 0 Å². The Kier molecular flexibility index (Phi) is 5.17. The Morgan fingerprint density at radius 1 is 0.933 bits per heavy atom. The predicted octanol–water partition coefficient (Wildman–Crippen LogP) is 4.32. The summed E-state index contributed by atoms with van der Waals surface area (Å²) in [5.41, 5.74) is 4.39. The topological polar surface area (TPSA) is 0 Å². The van der Waals surface area contributed by atoms with Crippen molar-refractivity contribution >= 4 is 0 Å². The van der Waals surface area contributed by atoms with Crippen molar-refractivity contribution < 1.29 is 0 Å². The first-order valence-electron chi connectivity index (χ1n) is 6.02. The van der Waals surface area contributed by atoms with Crippen LogP contribution in [0.1, 0.15) is 43.4 Å². The van der Waals surface area contributed by atoms with Crippen molar-refractivity contribution in [2.75, 3.05) is 0 Å². The zero-order valence-corrected chi connectivity index (χ0v) is 10.1. The summed E-state index contributed by atoms with van der Waals surface area (Å²) < 4.78 is 0. The number of rotatable bonds is 6. The van der Waals surface area contributed by atoms with Crippen LogP contribution in [0.5, 0.6) is 0 Å². The maximum atomic E-state index is 3.81. The lowest BCUT2D eigenvalue weighted by Crippen LogP contribution is -1.93. The van der Waals surface area contributed by atoms with Crippen LogP contribution in [0.25, 0.3) is 0 Å². The number of benzene rings is 1. The SMILES string of the molecule is C=CCc1cc(CCC)cc(CCC)c1. The lowest BCUT2D eigenvalue weighted by Gasteiger charge is -2.07. The fourth-order valence-electron chi connectivity index (χ4n) is 1.99. The van der Waals surface area contributed by atoms with Crippen molar-refractivity contribution in [3.05, 3.63) is 47.5 Å². The van der Waals surface area contributed by atoms with Gasteiger partial charge in [0.1, 0.15) is 0 Å². The van der Waals surface area contributed by atoms with E-state index in [4.69, 9.17) is 0 Å². The molecule has 0 fully saturated rings. The highest BCUT2D eigenvalue weighted by atomic mass is 14.0. The molecule has 0 saturated heterocycles. The second kappa shape index (κ2) is 6.44. The summed E-state index contributed by atoms with van der Waals surface area (Å²) in [7, 11) is 0. The molecule has 0 saturated carbocycles. The van der Waals surface area contributed by atoms with Crippen molar-refractivity contribution in [2.24, 2.45) is 0 Å². The summed E-state index contributed by atoms with van der Waals surface area (Å²) in [6.07, 6.45) is 7.82. The molecule has 0 atom stereocenters. The standard InChI is InChI=1S/C15H22/c1-4-7-13-10-14(8-5-2)12-15(11-13)9-6-3/h4,10-12H,1,5-9H2,2-3H3. The van der Waals surface area contributed by atoms with Gasteiger partial charge in [-0.2, -0.15) is 0 Å². The van der Waals surface area contributed by atoms with Crippen LogP contribution >= 0.6 is 0 Å². The van der Waals surface area contributed by atoms with Crippen molar-refractivity contribution in [2.45, 2.75) is 46.0 Å². The van der Waals surface area contributed by atoms with E-state index in [0.29, 0.717) is 0 Å². The highest BCUT2D eigenvalue weighted by Gasteiger charge is 1.99. The summed E-state index contributed by atoms with van der Waals surface area (Å²) in [6.45, 7) is 8.28. The monoisotopic (exact) mass is 202 g/mol. The minimum absolute atomic E-state index is 0.994. The minimum Gasteiger partial charge on any atom is -0.103 e. The Morgan fingerprint density at radius 3 is 1.80 bits per heavy atom. The van der Waals surface area contributed by atoms with E-state index in [1.165, 1.54) is 42.4 Å². The predicted molar refractivity (Wildman–Crippen MR) is 68.3 cm³/mol. The van der Waals surface area contributed by atoms with E-state index in [2.05, 4.69) is 38.6 Å². The van der Waals surface area contributed by atoms with E-state index in [1.54, 1.807) is 0 Å². The molecule has 0 N–H and O–H groups in total. The van der Waals surface area contributed by atoms with Gasteiger partial charge >= 0.3 is 0 Å². The largest absolute Gasteiger partial charge is 0.103 e. The highest BCUT2D eigenvalue weighted by Crippen LogP contribution is 2.14. The Balaban J connectivity index is 2.91. The van der Waals surface area contributed by atoms with Crippen LogP contribution in [0.2, 0.25) is 0 Å². The third-order valence-corrected chi connectivity index (χ3v) is 2.57. The molecule has 1 rings (SSSR count). The number of hydrogen-bond acceptors (Lipinski definition) is 0. The third-order valence-electron chi connectivity index (χ3n) is 2.57. The second-order valence-corrected chi connectivity index (χ2v) is 4.15. The molecule has 1 aromatic carbocycles. The average molecular weight is 202 g/mol. The smallest absolute Gasteiger partial charge is 0.00999 e. The lowest BCUT2D eigenvalue weighted by atomic mass is 9.98. The van der Waals surface area contributed by atoms with Crippen LogP contribution in [-0.2, 0) is 19.3 Å². The van der Waals surface area contributed by atoms with Crippen LogP contribution in [0, 0.1) is 0 Å². The Bertz CT molecular complexity index is 286. The molecule has 1 aromatic rings. The molecule has 0 aliphatic carbocycles. The molecule has 0 nitrogen and oxygen atoms in total. The summed E-state index contributed by atoms with van der Waals surface area (Å²) >= 11 is 0. The number of aryl methyl sites for hydroxylation is 2. The van der Waals surface area contributed by atoms with Crippen LogP contribution in [0.4, 0.5) is 0 Å². The molecular formula is C15H22. The first-order valence-corrected chi connectivity index (χ1v) is 6.02. The average Bonchev–Trinajstić information content (AvgIpc) is 2.19. The molecule has 0 aliphatic rings. The van der Waals surface area contributed by atoms with Gasteiger partial charge < -0.3 is 0 Å². The van der Waals surface area contributed by atoms with E-state index >= 15 is 0 Å². The molecule has 0 bridgehead atoms. The van der Waals surface area contributed by atoms with Gasteiger partial charge in [0, 0.05) is 0 Å². The van der Waals surface area contributed by atoms with Gasteiger partial charge in [-0.3, -0.25) is 0 Å². The van der Waals surface area contributed by atoms with E-state index in [0.717, 1.165) is 6.42 Å². The third kappa shape index (κ3) is 3.91. The molecule has 0 aliphatic heterocycles. The molecule has 0 amide bonds. The van der Waals surface area contributed by atoms with Crippen LogP contribution in [0.3, 0.4) is 0 Å². The zero-order chi connectivity index (χ0) is 11.1. The maximum Gasteiger partial charge on any atom is -0.00999 e. The van der Waals surface area contributed by atoms with Crippen molar-refractivity contribution in [1.82, 2.24) is 0 Å². The molecule has 0 heteroatoms. The van der Waals surface area contributed by atoms with Gasteiger partial charge in [-0.1, -0.05) is 51.0 Å². The first kappa shape index (κ1) is 12.0. The van der Waals surface area contributed by atoms with Gasteiger partial charge in [-0.05, 0) is 36.0 Å². The van der Waals surface area contributed by atoms with Crippen molar-refractivity contribution in [3.8, 4) is 0 Å². The van der Waals surface area contributed by atoms with E-state index in [1.807, 2.05) is 6.08 Å². The quantitative estimate of drug-likeness (QED) is 0.603. The fourth-order valence-corrected chi connectivity index (χ4v) is 1.99. The summed E-state index contributed by atoms with van der Waals surface area (Å²) in [4.78, 5) is 0. The molecule has 15 heavy (non-hydrogen) atoms. The summed E-state index contributed by atoms with van der Waals surface area (Å²) in [5, 5.41) is 0. The van der Waals surface area contributed by atoms with Gasteiger partial charge in [-0.15, -0.1) is 6.58 Å². The van der Waals surface area contributed by atoms with E-state index in [-0.39, 0.29) is 0 Å². The highest BCUT2D eigenvalue weighted by molar-refractivity contribution is 5.31. The van der Waals surface area contributed by atoms with Crippen LogP contribution in [-0.4, -0.2) is 0 Å². The summed E-state index contributed by atoms with van der Waals surface area (Å²) in [6, 6.07) is 7.01. The van der Waals surface area contributed by atoms with Crippen molar-refractivity contribution in [3.63, 3.8) is 0 Å². The fraction of sp³-hybridized carbons (Fsp3) is 0.467. The first-order chi connectivity index (χ1) is 7.30. The summed E-state index contributed by atoms with van der Waals surface area (Å²) in [5.74, 6) is 0. The normalized spacial score (nSPS) is 10.3. The van der Waals surface area contributed by atoms with Gasteiger partial charge in [0.15, 0.2) is 0 Å². The lowest BCUT2D eigenvalue weighted by molar-refractivity contribution is 0.890. The van der Waals surface area contributed by atoms with Gasteiger partial charge in [0.05, 0.1) is 0 Å². The minimum atomic E-state index is 0.994. The Hall–Kier alpha value is -1.04. The van der Waals surface area contributed by atoms with Crippen LogP contribution < -0.4 is 0 Å². The van der Waals surface area contributed by atoms with Crippen LogP contribution in [0.15, 0.2) is 30.9 Å². The van der Waals surface area contributed by atoms with E-state index in [9.17, 15) is 0 Å². The van der Waals surface area contributed by atoms with Gasteiger partial charge in [-0.25, -0.2) is 0 Å². The molecule has 0 radical (unpaired) electrons. The number of hydrogen-bond donors (Lipinski definition) is 0. The van der Waals surface area contributed by atoms with Crippen molar-refractivity contribution in [1.29, 1.82) is 0 Å². The maximum absolute atomic E-state index is 3.81. The Morgan fingerprint density at radius 2 is 1.40 bits per heavy atom. The second-order valence-electron chi connectivity index (χ2n) is 4.15. The number of allylic oxidation sites excluding steroid dienone is 1. The molecule has 82 valence electrons. The van der Waals surface area contributed by atoms with E-state index < -0.39 is 0 Å². The molecule has 0 aromatic heterocycles. The molecule has 0 spiro atoms. The molecular weight excluding hydrogens is 180 g/mol. The zero-order valence-electron chi connectivity index (χ0n) is 10.1. The molecule has 0 heterocycles.